The minimum atomic E-state index is -0.456. The first-order chi connectivity index (χ1) is 8.08. The first-order valence-corrected chi connectivity index (χ1v) is 6.02. The molecule has 1 atom stereocenters. The van der Waals surface area contributed by atoms with Crippen molar-refractivity contribution < 1.29 is 14.3 Å². The minimum absolute atomic E-state index is 0.200. The van der Waals surface area contributed by atoms with Crippen molar-refractivity contribution in [1.82, 2.24) is 9.55 Å². The summed E-state index contributed by atoms with van der Waals surface area (Å²) in [5.41, 5.74) is 5.83. The quantitative estimate of drug-likeness (QED) is 0.786. The number of nitrogens with two attached hydrogens (primary N) is 1. The molecule has 0 aliphatic rings. The number of rotatable bonds is 6. The standard InChI is InChI=1S/C10H16BrN3O3/c1-3-17-10(15)9-13-8(11)5-14(9)4-7(12)6-16-2/h5,7H,3-4,6,12H2,1-2H3/t7-/m0/s1. The van der Waals surface area contributed by atoms with Crippen LogP contribution in [-0.2, 0) is 16.0 Å². The number of hydrogen-bond donors (Lipinski definition) is 1. The third-order valence-corrected chi connectivity index (χ3v) is 2.40. The molecule has 1 aromatic heterocycles. The van der Waals surface area contributed by atoms with Gasteiger partial charge in [0.1, 0.15) is 4.60 Å². The predicted molar refractivity (Wildman–Crippen MR) is 65.7 cm³/mol. The number of hydrogen-bond acceptors (Lipinski definition) is 5. The van der Waals surface area contributed by atoms with Gasteiger partial charge < -0.3 is 19.8 Å². The molecule has 6 nitrogen and oxygen atoms in total. The van der Waals surface area contributed by atoms with Gasteiger partial charge in [0.25, 0.3) is 0 Å². The van der Waals surface area contributed by atoms with E-state index in [4.69, 9.17) is 15.2 Å². The molecule has 0 bridgehead atoms. The molecule has 0 spiro atoms. The third-order valence-electron chi connectivity index (χ3n) is 2.02. The highest BCUT2D eigenvalue weighted by Crippen LogP contribution is 2.11. The maximum atomic E-state index is 11.6. The lowest BCUT2D eigenvalue weighted by Gasteiger charge is -2.12. The fraction of sp³-hybridized carbons (Fsp3) is 0.600. The van der Waals surface area contributed by atoms with Gasteiger partial charge in [-0.2, -0.15) is 0 Å². The predicted octanol–water partition coefficient (Wildman–Crippen LogP) is 0.796. The van der Waals surface area contributed by atoms with Crippen molar-refractivity contribution in [3.63, 3.8) is 0 Å². The van der Waals surface area contributed by atoms with Crippen LogP contribution >= 0.6 is 15.9 Å². The summed E-state index contributed by atoms with van der Waals surface area (Å²) in [4.78, 5) is 15.7. The highest BCUT2D eigenvalue weighted by Gasteiger charge is 2.17. The first kappa shape index (κ1) is 14.1. The molecule has 2 N–H and O–H groups in total. The number of imidazole rings is 1. The molecule has 0 saturated carbocycles. The van der Waals surface area contributed by atoms with Crippen LogP contribution in [0.2, 0.25) is 0 Å². The molecule has 17 heavy (non-hydrogen) atoms. The molecule has 0 radical (unpaired) electrons. The summed E-state index contributed by atoms with van der Waals surface area (Å²) in [5.74, 6) is -0.215. The van der Waals surface area contributed by atoms with Gasteiger partial charge in [-0.05, 0) is 22.9 Å². The number of halogens is 1. The van der Waals surface area contributed by atoms with E-state index in [1.54, 1.807) is 24.8 Å². The second-order valence-corrected chi connectivity index (χ2v) is 4.29. The fourth-order valence-corrected chi connectivity index (χ4v) is 1.82. The Morgan fingerprint density at radius 1 is 1.71 bits per heavy atom. The van der Waals surface area contributed by atoms with Gasteiger partial charge in [-0.1, -0.05) is 0 Å². The summed E-state index contributed by atoms with van der Waals surface area (Å²) < 4.78 is 12.1. The van der Waals surface area contributed by atoms with E-state index in [2.05, 4.69) is 20.9 Å². The van der Waals surface area contributed by atoms with Crippen molar-refractivity contribution in [3.8, 4) is 0 Å². The molecule has 1 heterocycles. The van der Waals surface area contributed by atoms with Gasteiger partial charge in [-0.3, -0.25) is 0 Å². The van der Waals surface area contributed by atoms with Crippen LogP contribution in [0.5, 0.6) is 0 Å². The van der Waals surface area contributed by atoms with Crippen molar-refractivity contribution >= 4 is 21.9 Å². The number of ether oxygens (including phenoxy) is 2. The van der Waals surface area contributed by atoms with Crippen molar-refractivity contribution in [2.75, 3.05) is 20.3 Å². The summed E-state index contributed by atoms with van der Waals surface area (Å²) in [6, 6.07) is -0.200. The van der Waals surface area contributed by atoms with Crippen LogP contribution in [0.1, 0.15) is 17.5 Å². The van der Waals surface area contributed by atoms with Gasteiger partial charge in [0, 0.05) is 25.9 Å². The molecule has 0 amide bonds. The Labute approximate surface area is 108 Å². The van der Waals surface area contributed by atoms with Crippen LogP contribution in [0.3, 0.4) is 0 Å². The van der Waals surface area contributed by atoms with E-state index in [1.165, 1.54) is 0 Å². The maximum absolute atomic E-state index is 11.6. The summed E-state index contributed by atoms with van der Waals surface area (Å²) >= 11 is 3.22. The zero-order valence-corrected chi connectivity index (χ0v) is 11.4. The number of nitrogens with zero attached hydrogens (tertiary/aromatic N) is 2. The van der Waals surface area contributed by atoms with E-state index in [-0.39, 0.29) is 11.9 Å². The number of methoxy groups -OCH3 is 1. The monoisotopic (exact) mass is 305 g/mol. The first-order valence-electron chi connectivity index (χ1n) is 5.22. The minimum Gasteiger partial charge on any atom is -0.460 e. The third kappa shape index (κ3) is 4.10. The Balaban J connectivity index is 2.80. The van der Waals surface area contributed by atoms with Crippen molar-refractivity contribution in [2.24, 2.45) is 5.73 Å². The second-order valence-electron chi connectivity index (χ2n) is 3.48. The summed E-state index contributed by atoms with van der Waals surface area (Å²) in [5, 5.41) is 0. The topological polar surface area (TPSA) is 79.4 Å². The average molecular weight is 306 g/mol. The average Bonchev–Trinajstić information content (AvgIpc) is 2.60. The largest absolute Gasteiger partial charge is 0.460 e. The van der Waals surface area contributed by atoms with Gasteiger partial charge in [0.05, 0.1) is 13.2 Å². The molecule has 0 unspecified atom stereocenters. The smallest absolute Gasteiger partial charge is 0.374 e. The van der Waals surface area contributed by atoms with Gasteiger partial charge in [-0.15, -0.1) is 0 Å². The van der Waals surface area contributed by atoms with Crippen LogP contribution in [0, 0.1) is 0 Å². The van der Waals surface area contributed by atoms with Gasteiger partial charge in [0.15, 0.2) is 0 Å². The Morgan fingerprint density at radius 3 is 3.00 bits per heavy atom. The molecular weight excluding hydrogens is 290 g/mol. The highest BCUT2D eigenvalue weighted by atomic mass is 79.9. The number of carbonyl (C=O) groups excluding carboxylic acids is 1. The number of esters is 1. The molecule has 0 fully saturated rings. The Bertz CT molecular complexity index is 381. The molecular formula is C10H16BrN3O3. The summed E-state index contributed by atoms with van der Waals surface area (Å²) in [7, 11) is 1.58. The van der Waals surface area contributed by atoms with E-state index in [0.29, 0.717) is 24.4 Å². The Kier molecular flexibility index (Phi) is 5.60. The molecule has 0 aliphatic carbocycles. The van der Waals surface area contributed by atoms with E-state index in [9.17, 15) is 4.79 Å². The molecule has 1 aromatic rings. The molecule has 1 rings (SSSR count). The lowest BCUT2D eigenvalue weighted by atomic mass is 10.3. The second kappa shape index (κ2) is 6.73. The van der Waals surface area contributed by atoms with Crippen molar-refractivity contribution in [3.05, 3.63) is 16.6 Å². The van der Waals surface area contributed by atoms with E-state index in [0.717, 1.165) is 0 Å². The Hall–Kier alpha value is -0.920. The SMILES string of the molecule is CCOC(=O)c1nc(Br)cn1C[C@H](N)COC. The van der Waals surface area contributed by atoms with E-state index in [1.807, 2.05) is 0 Å². The molecule has 96 valence electrons. The van der Waals surface area contributed by atoms with Crippen molar-refractivity contribution in [1.29, 1.82) is 0 Å². The Morgan fingerprint density at radius 2 is 2.41 bits per heavy atom. The van der Waals surface area contributed by atoms with Crippen LogP contribution in [0.4, 0.5) is 0 Å². The number of carbonyl (C=O) groups is 1. The van der Waals surface area contributed by atoms with Crippen LogP contribution in [0.15, 0.2) is 10.8 Å². The highest BCUT2D eigenvalue weighted by molar-refractivity contribution is 9.10. The van der Waals surface area contributed by atoms with E-state index >= 15 is 0 Å². The zero-order chi connectivity index (χ0) is 12.8. The van der Waals surface area contributed by atoms with E-state index < -0.39 is 5.97 Å². The van der Waals surface area contributed by atoms with Crippen LogP contribution in [0.25, 0.3) is 0 Å². The maximum Gasteiger partial charge on any atom is 0.374 e. The summed E-state index contributed by atoms with van der Waals surface area (Å²) in [6.45, 7) is 2.92. The summed E-state index contributed by atoms with van der Waals surface area (Å²) in [6.07, 6.45) is 1.70. The lowest BCUT2D eigenvalue weighted by molar-refractivity contribution is 0.0504. The molecule has 0 aromatic carbocycles. The molecule has 0 saturated heterocycles. The van der Waals surface area contributed by atoms with Crippen LogP contribution in [-0.4, -0.2) is 41.9 Å². The fourth-order valence-electron chi connectivity index (χ4n) is 1.40. The van der Waals surface area contributed by atoms with Gasteiger partial charge in [-0.25, -0.2) is 9.78 Å². The lowest BCUT2D eigenvalue weighted by Crippen LogP contribution is -2.32. The number of aromatic nitrogens is 2. The molecule has 7 heteroatoms. The van der Waals surface area contributed by atoms with Crippen LogP contribution < -0.4 is 5.73 Å². The van der Waals surface area contributed by atoms with Gasteiger partial charge in [0.2, 0.25) is 5.82 Å². The van der Waals surface area contributed by atoms with Gasteiger partial charge >= 0.3 is 5.97 Å². The normalized spacial score (nSPS) is 12.5. The zero-order valence-electron chi connectivity index (χ0n) is 9.85. The van der Waals surface area contributed by atoms with Crippen molar-refractivity contribution in [2.45, 2.75) is 19.5 Å². The molecule has 0 aliphatic heterocycles.